The summed E-state index contributed by atoms with van der Waals surface area (Å²) in [5.41, 5.74) is 5.94. The maximum Gasteiger partial charge on any atom is 0.410 e. The van der Waals surface area contributed by atoms with Gasteiger partial charge in [0.15, 0.2) is 0 Å². The van der Waals surface area contributed by atoms with E-state index in [1.807, 2.05) is 37.8 Å². The van der Waals surface area contributed by atoms with Crippen molar-refractivity contribution < 1.29 is 9.53 Å². The summed E-state index contributed by atoms with van der Waals surface area (Å²) in [7, 11) is 0. The van der Waals surface area contributed by atoms with Gasteiger partial charge in [0.25, 0.3) is 0 Å². The van der Waals surface area contributed by atoms with Crippen molar-refractivity contribution in [2.45, 2.75) is 58.3 Å². The van der Waals surface area contributed by atoms with Gasteiger partial charge in [-0.1, -0.05) is 12.1 Å². The summed E-state index contributed by atoms with van der Waals surface area (Å²) in [5, 5.41) is 10.6. The molecule has 0 radical (unpaired) electrons. The van der Waals surface area contributed by atoms with E-state index in [0.29, 0.717) is 30.7 Å². The number of pyridine rings is 1. The van der Waals surface area contributed by atoms with Crippen molar-refractivity contribution in [3.05, 3.63) is 65.4 Å². The molecule has 4 heterocycles. The van der Waals surface area contributed by atoms with Crippen molar-refractivity contribution in [3.8, 4) is 6.07 Å². The number of fused-ring (bicyclic) bond motifs is 3. The molecule has 8 nitrogen and oxygen atoms in total. The molecule has 0 aliphatic carbocycles. The molecule has 3 aromatic rings. The molecule has 2 aromatic carbocycles. The van der Waals surface area contributed by atoms with Crippen LogP contribution in [0.15, 0.2) is 48.7 Å². The molecule has 208 valence electrons. The minimum Gasteiger partial charge on any atom is -0.444 e. The Morgan fingerprint density at radius 2 is 1.82 bits per heavy atom. The average molecular weight is 539 g/mol. The molecule has 1 amide bonds. The summed E-state index contributed by atoms with van der Waals surface area (Å²) in [6.45, 7) is 14.2. The van der Waals surface area contributed by atoms with Crippen molar-refractivity contribution in [1.82, 2.24) is 14.8 Å². The smallest absolute Gasteiger partial charge is 0.410 e. The molecule has 2 atom stereocenters. The van der Waals surface area contributed by atoms with Crippen molar-refractivity contribution in [1.29, 1.82) is 5.26 Å². The van der Waals surface area contributed by atoms with Crippen LogP contribution in [0.1, 0.15) is 44.4 Å². The van der Waals surface area contributed by atoms with Crippen LogP contribution in [0.3, 0.4) is 0 Å². The molecule has 0 spiro atoms. The third kappa shape index (κ3) is 4.95. The van der Waals surface area contributed by atoms with Gasteiger partial charge >= 0.3 is 6.09 Å². The molecular weight excluding hydrogens is 500 g/mol. The lowest BCUT2D eigenvalue weighted by atomic mass is 9.95. The van der Waals surface area contributed by atoms with E-state index in [0.717, 1.165) is 55.7 Å². The number of rotatable bonds is 2. The number of hydrogen-bond donors (Lipinski definition) is 0. The molecule has 0 saturated carbocycles. The second-order valence-electron chi connectivity index (χ2n) is 12.3. The maximum atomic E-state index is 12.7. The standard InChI is InChI=1S/C32H38N6O2/c1-22-18-37(29-11-10-23(17-33)30-27(29)8-6-13-34-30)21-25-20-35(15-16-38(22)25)28-9-5-7-24-19-36(14-12-26(24)28)31(39)40-32(2,3)4/h5-11,13,22,25H,12,14-16,18-21H2,1-4H3/t22-,25-/m1/s1. The fourth-order valence-electron chi connectivity index (χ4n) is 6.67. The summed E-state index contributed by atoms with van der Waals surface area (Å²) >= 11 is 0. The molecular formula is C32H38N6O2. The summed E-state index contributed by atoms with van der Waals surface area (Å²) in [5.74, 6) is 0. The zero-order valence-corrected chi connectivity index (χ0v) is 23.9. The highest BCUT2D eigenvalue weighted by molar-refractivity contribution is 5.95. The Labute approximate surface area is 236 Å². The van der Waals surface area contributed by atoms with Crippen LogP contribution < -0.4 is 9.80 Å². The highest BCUT2D eigenvalue weighted by Crippen LogP contribution is 2.35. The molecule has 2 saturated heterocycles. The topological polar surface area (TPSA) is 75.9 Å². The number of amides is 1. The van der Waals surface area contributed by atoms with Gasteiger partial charge in [-0.2, -0.15) is 5.26 Å². The van der Waals surface area contributed by atoms with E-state index in [1.54, 1.807) is 6.20 Å². The monoisotopic (exact) mass is 538 g/mol. The molecule has 0 unspecified atom stereocenters. The third-order valence-electron chi connectivity index (χ3n) is 8.45. The van der Waals surface area contributed by atoms with Crippen LogP contribution in [0.5, 0.6) is 0 Å². The highest BCUT2D eigenvalue weighted by atomic mass is 16.6. The van der Waals surface area contributed by atoms with Gasteiger partial charge in [-0.3, -0.25) is 9.88 Å². The minimum atomic E-state index is -0.496. The number of carbonyl (C=O) groups excluding carboxylic acids is 1. The van der Waals surface area contributed by atoms with Crippen LogP contribution in [0.2, 0.25) is 0 Å². The summed E-state index contributed by atoms with van der Waals surface area (Å²) in [6.07, 6.45) is 2.36. The number of anilines is 2. The van der Waals surface area contributed by atoms with E-state index in [-0.39, 0.29) is 6.09 Å². The average Bonchev–Trinajstić information content (AvgIpc) is 2.94. The van der Waals surface area contributed by atoms with Crippen LogP contribution in [0, 0.1) is 11.3 Å². The number of ether oxygens (including phenoxy) is 1. The summed E-state index contributed by atoms with van der Waals surface area (Å²) in [6, 6.07) is 17.7. The van der Waals surface area contributed by atoms with Crippen molar-refractivity contribution in [3.63, 3.8) is 0 Å². The maximum absolute atomic E-state index is 12.7. The highest BCUT2D eigenvalue weighted by Gasteiger charge is 2.38. The van der Waals surface area contributed by atoms with E-state index < -0.39 is 5.60 Å². The van der Waals surface area contributed by atoms with Crippen LogP contribution in [-0.4, -0.2) is 77.8 Å². The fourth-order valence-corrected chi connectivity index (χ4v) is 6.67. The Kier molecular flexibility index (Phi) is 6.79. The van der Waals surface area contributed by atoms with E-state index in [9.17, 15) is 10.1 Å². The van der Waals surface area contributed by atoms with Crippen LogP contribution in [-0.2, 0) is 17.7 Å². The second-order valence-corrected chi connectivity index (χ2v) is 12.3. The zero-order valence-electron chi connectivity index (χ0n) is 23.9. The first-order valence-corrected chi connectivity index (χ1v) is 14.3. The number of benzene rings is 2. The summed E-state index contributed by atoms with van der Waals surface area (Å²) in [4.78, 5) is 26.8. The lowest BCUT2D eigenvalue weighted by Gasteiger charge is -2.52. The molecule has 8 heteroatoms. The molecule has 1 aromatic heterocycles. The predicted molar refractivity (Wildman–Crippen MR) is 158 cm³/mol. The number of carbonyl (C=O) groups is 1. The molecule has 0 N–H and O–H groups in total. The molecule has 40 heavy (non-hydrogen) atoms. The molecule has 2 fully saturated rings. The van der Waals surface area contributed by atoms with Gasteiger partial charge in [-0.15, -0.1) is 0 Å². The van der Waals surface area contributed by atoms with E-state index in [2.05, 4.69) is 63.0 Å². The Morgan fingerprint density at radius 3 is 2.62 bits per heavy atom. The Bertz CT molecular complexity index is 1470. The number of nitrogens with zero attached hydrogens (tertiary/aromatic N) is 6. The van der Waals surface area contributed by atoms with Crippen LogP contribution in [0.4, 0.5) is 16.2 Å². The number of piperazine rings is 2. The fraction of sp³-hybridized carbons (Fsp3) is 0.469. The lowest BCUT2D eigenvalue weighted by Crippen LogP contribution is -2.65. The van der Waals surface area contributed by atoms with Gasteiger partial charge in [0.1, 0.15) is 11.7 Å². The zero-order chi connectivity index (χ0) is 28.0. The number of aromatic nitrogens is 1. The van der Waals surface area contributed by atoms with Gasteiger partial charge < -0.3 is 19.4 Å². The van der Waals surface area contributed by atoms with Crippen LogP contribution in [0.25, 0.3) is 10.9 Å². The first kappa shape index (κ1) is 26.4. The lowest BCUT2D eigenvalue weighted by molar-refractivity contribution is 0.0224. The third-order valence-corrected chi connectivity index (χ3v) is 8.45. The summed E-state index contributed by atoms with van der Waals surface area (Å²) < 4.78 is 5.64. The number of hydrogen-bond acceptors (Lipinski definition) is 7. The largest absolute Gasteiger partial charge is 0.444 e. The Hall–Kier alpha value is -3.83. The van der Waals surface area contributed by atoms with E-state index in [1.165, 1.54) is 16.8 Å². The van der Waals surface area contributed by atoms with Gasteiger partial charge in [0, 0.05) is 80.9 Å². The predicted octanol–water partition coefficient (Wildman–Crippen LogP) is 4.80. The Balaban J connectivity index is 1.22. The molecule has 3 aliphatic rings. The minimum absolute atomic E-state index is 0.237. The van der Waals surface area contributed by atoms with E-state index in [4.69, 9.17) is 4.74 Å². The quantitative estimate of drug-likeness (QED) is 0.464. The van der Waals surface area contributed by atoms with Gasteiger partial charge in [0.2, 0.25) is 0 Å². The van der Waals surface area contributed by atoms with Crippen LogP contribution >= 0.6 is 0 Å². The molecule has 0 bridgehead atoms. The van der Waals surface area contributed by atoms with Gasteiger partial charge in [0.05, 0.1) is 11.1 Å². The Morgan fingerprint density at radius 1 is 1.00 bits per heavy atom. The SMILES string of the molecule is C[C@@H]1CN(c2ccc(C#N)c3ncccc23)C[C@H]2CN(c3cccc4c3CCN(C(=O)OC(C)(C)C)C4)CCN21. The number of nitriles is 1. The van der Waals surface area contributed by atoms with Crippen molar-refractivity contribution >= 4 is 28.4 Å². The van der Waals surface area contributed by atoms with Gasteiger partial charge in [-0.05, 0) is 75.6 Å². The normalized spacial score (nSPS) is 21.5. The van der Waals surface area contributed by atoms with E-state index >= 15 is 0 Å². The molecule has 6 rings (SSSR count). The second kappa shape index (κ2) is 10.3. The van der Waals surface area contributed by atoms with Gasteiger partial charge in [-0.25, -0.2) is 4.79 Å². The molecule has 3 aliphatic heterocycles. The first-order valence-electron chi connectivity index (χ1n) is 14.3. The van der Waals surface area contributed by atoms with Crippen molar-refractivity contribution in [2.75, 3.05) is 49.1 Å². The van der Waals surface area contributed by atoms with Crippen molar-refractivity contribution in [2.24, 2.45) is 0 Å². The first-order chi connectivity index (χ1) is 19.2.